The summed E-state index contributed by atoms with van der Waals surface area (Å²) in [5, 5.41) is 2.81. The molecule has 0 aliphatic carbocycles. The highest BCUT2D eigenvalue weighted by Gasteiger charge is 2.17. The average molecular weight is 355 g/mol. The van der Waals surface area contributed by atoms with E-state index in [1.165, 1.54) is 24.3 Å². The summed E-state index contributed by atoms with van der Waals surface area (Å²) in [5.41, 5.74) is 2.88. The minimum Gasteiger partial charge on any atom is -0.452 e. The number of nitrogens with zero attached hydrogens (tertiary/aromatic N) is 2. The van der Waals surface area contributed by atoms with Crippen molar-refractivity contribution in [2.45, 2.75) is 13.8 Å². The second kappa shape index (κ2) is 8.75. The van der Waals surface area contributed by atoms with E-state index >= 15 is 0 Å². The number of pyridine rings is 1. The Morgan fingerprint density at radius 3 is 2.42 bits per heavy atom. The zero-order valence-electron chi connectivity index (χ0n) is 15.0. The van der Waals surface area contributed by atoms with Gasteiger partial charge in [0.1, 0.15) is 0 Å². The first-order chi connectivity index (χ1) is 12.4. The maximum Gasteiger partial charge on any atom is 0.340 e. The summed E-state index contributed by atoms with van der Waals surface area (Å²) in [5.74, 6) is -1.43. The molecule has 0 unspecified atom stereocenters. The standard InChI is InChI=1S/C19H21N3O4/c1-13-6-4-7-14(2)18(13)21-16(23)11-22(3)17(24)12-26-19(25)15-8-5-9-20-10-15/h4-10H,11-12H2,1-3H3,(H,21,23). The SMILES string of the molecule is Cc1cccc(C)c1NC(=O)CN(C)C(=O)COC(=O)c1cccnc1. The first-order valence-electron chi connectivity index (χ1n) is 8.05. The van der Waals surface area contributed by atoms with Crippen molar-refractivity contribution < 1.29 is 19.1 Å². The first kappa shape index (κ1) is 19.1. The van der Waals surface area contributed by atoms with Crippen LogP contribution in [0.4, 0.5) is 5.69 Å². The molecule has 2 rings (SSSR count). The molecule has 1 N–H and O–H groups in total. The predicted molar refractivity (Wildman–Crippen MR) is 96.7 cm³/mol. The van der Waals surface area contributed by atoms with Crippen molar-refractivity contribution in [3.63, 3.8) is 0 Å². The van der Waals surface area contributed by atoms with Gasteiger partial charge in [0, 0.05) is 25.1 Å². The number of esters is 1. The fourth-order valence-corrected chi connectivity index (χ4v) is 2.30. The van der Waals surface area contributed by atoms with Gasteiger partial charge in [-0.25, -0.2) is 4.79 Å². The molecular weight excluding hydrogens is 334 g/mol. The van der Waals surface area contributed by atoms with Crippen molar-refractivity contribution in [1.82, 2.24) is 9.88 Å². The minimum atomic E-state index is -0.639. The van der Waals surface area contributed by atoms with E-state index in [1.807, 2.05) is 32.0 Å². The van der Waals surface area contributed by atoms with E-state index in [2.05, 4.69) is 10.3 Å². The van der Waals surface area contributed by atoms with Crippen LogP contribution in [0.1, 0.15) is 21.5 Å². The number of carbonyl (C=O) groups is 3. The van der Waals surface area contributed by atoms with Crippen LogP contribution in [0, 0.1) is 13.8 Å². The predicted octanol–water partition coefficient (Wildman–Crippen LogP) is 1.95. The summed E-state index contributed by atoms with van der Waals surface area (Å²) in [6, 6.07) is 8.85. The Balaban J connectivity index is 1.84. The third kappa shape index (κ3) is 5.14. The number of ether oxygens (including phenoxy) is 1. The molecule has 0 atom stereocenters. The number of hydrogen-bond donors (Lipinski definition) is 1. The number of carbonyl (C=O) groups excluding carboxylic acids is 3. The zero-order valence-corrected chi connectivity index (χ0v) is 15.0. The highest BCUT2D eigenvalue weighted by atomic mass is 16.5. The minimum absolute atomic E-state index is 0.142. The van der Waals surface area contributed by atoms with E-state index < -0.39 is 18.5 Å². The molecule has 1 aromatic carbocycles. The van der Waals surface area contributed by atoms with Gasteiger partial charge < -0.3 is 15.0 Å². The molecule has 7 heteroatoms. The quantitative estimate of drug-likeness (QED) is 0.800. The van der Waals surface area contributed by atoms with Crippen LogP contribution in [-0.4, -0.2) is 47.9 Å². The van der Waals surface area contributed by atoms with Gasteiger partial charge >= 0.3 is 5.97 Å². The second-order valence-corrected chi connectivity index (χ2v) is 5.88. The van der Waals surface area contributed by atoms with Gasteiger partial charge in [0.25, 0.3) is 5.91 Å². The molecule has 2 aromatic rings. The van der Waals surface area contributed by atoms with Crippen molar-refractivity contribution in [2.75, 3.05) is 25.5 Å². The molecule has 0 fully saturated rings. The Bertz CT molecular complexity index is 785. The van der Waals surface area contributed by atoms with Crippen molar-refractivity contribution in [3.05, 3.63) is 59.4 Å². The van der Waals surface area contributed by atoms with Crippen LogP contribution in [-0.2, 0) is 14.3 Å². The van der Waals surface area contributed by atoms with Gasteiger partial charge in [-0.15, -0.1) is 0 Å². The number of anilines is 1. The maximum atomic E-state index is 12.2. The fourth-order valence-electron chi connectivity index (χ4n) is 2.30. The van der Waals surface area contributed by atoms with Gasteiger partial charge in [0.15, 0.2) is 6.61 Å². The average Bonchev–Trinajstić information content (AvgIpc) is 2.63. The van der Waals surface area contributed by atoms with Crippen molar-refractivity contribution in [2.24, 2.45) is 0 Å². The lowest BCUT2D eigenvalue weighted by atomic mass is 10.1. The molecule has 0 aliphatic rings. The molecule has 26 heavy (non-hydrogen) atoms. The fraction of sp³-hybridized carbons (Fsp3) is 0.263. The van der Waals surface area contributed by atoms with Crippen LogP contribution >= 0.6 is 0 Å². The molecule has 1 aromatic heterocycles. The molecule has 0 bridgehead atoms. The highest BCUT2D eigenvalue weighted by molar-refractivity contribution is 5.96. The third-order valence-corrected chi connectivity index (χ3v) is 3.78. The summed E-state index contributed by atoms with van der Waals surface area (Å²) in [6.45, 7) is 3.21. The number of benzene rings is 1. The lowest BCUT2D eigenvalue weighted by Crippen LogP contribution is -2.37. The lowest BCUT2D eigenvalue weighted by Gasteiger charge is -2.18. The number of rotatable bonds is 6. The zero-order chi connectivity index (χ0) is 19.1. The number of hydrogen-bond acceptors (Lipinski definition) is 5. The summed E-state index contributed by atoms with van der Waals surface area (Å²) in [7, 11) is 1.48. The molecular formula is C19H21N3O4. The number of para-hydroxylation sites is 1. The van der Waals surface area contributed by atoms with Gasteiger partial charge in [-0.1, -0.05) is 18.2 Å². The number of likely N-dealkylation sites (N-methyl/N-ethyl adjacent to an activating group) is 1. The lowest BCUT2D eigenvalue weighted by molar-refractivity contribution is -0.136. The van der Waals surface area contributed by atoms with Gasteiger partial charge in [-0.3, -0.25) is 14.6 Å². The summed E-state index contributed by atoms with van der Waals surface area (Å²) >= 11 is 0. The Morgan fingerprint density at radius 2 is 1.81 bits per heavy atom. The third-order valence-electron chi connectivity index (χ3n) is 3.78. The van der Waals surface area contributed by atoms with Gasteiger partial charge in [-0.2, -0.15) is 0 Å². The molecule has 1 heterocycles. The van der Waals surface area contributed by atoms with Crippen LogP contribution in [0.15, 0.2) is 42.7 Å². The molecule has 0 spiro atoms. The Morgan fingerprint density at radius 1 is 1.12 bits per heavy atom. The topological polar surface area (TPSA) is 88.6 Å². The molecule has 136 valence electrons. The number of nitrogens with one attached hydrogen (secondary N) is 1. The van der Waals surface area contributed by atoms with Gasteiger partial charge in [0.05, 0.1) is 12.1 Å². The van der Waals surface area contributed by atoms with Crippen LogP contribution in [0.5, 0.6) is 0 Å². The normalized spacial score (nSPS) is 10.1. The second-order valence-electron chi connectivity index (χ2n) is 5.88. The van der Waals surface area contributed by atoms with Crippen molar-refractivity contribution in [3.8, 4) is 0 Å². The smallest absolute Gasteiger partial charge is 0.340 e. The summed E-state index contributed by atoms with van der Waals surface area (Å²) in [6.07, 6.45) is 2.89. The summed E-state index contributed by atoms with van der Waals surface area (Å²) < 4.78 is 4.95. The van der Waals surface area contributed by atoms with Crippen LogP contribution in [0.3, 0.4) is 0 Å². The van der Waals surface area contributed by atoms with E-state index in [4.69, 9.17) is 4.74 Å². The van der Waals surface area contributed by atoms with Gasteiger partial charge in [-0.05, 0) is 37.1 Å². The van der Waals surface area contributed by atoms with Crippen LogP contribution < -0.4 is 5.32 Å². The van der Waals surface area contributed by atoms with E-state index in [0.29, 0.717) is 0 Å². The van der Waals surface area contributed by atoms with Gasteiger partial charge in [0.2, 0.25) is 5.91 Å². The number of aromatic nitrogens is 1. The number of amides is 2. The Kier molecular flexibility index (Phi) is 6.43. The Hall–Kier alpha value is -3.22. The molecule has 0 radical (unpaired) electrons. The monoisotopic (exact) mass is 355 g/mol. The summed E-state index contributed by atoms with van der Waals surface area (Å²) in [4.78, 5) is 41.0. The molecule has 2 amide bonds. The van der Waals surface area contributed by atoms with Crippen LogP contribution in [0.25, 0.3) is 0 Å². The molecule has 0 saturated carbocycles. The van der Waals surface area contributed by atoms with Crippen molar-refractivity contribution >= 4 is 23.5 Å². The Labute approximate surface area is 152 Å². The molecule has 0 aliphatic heterocycles. The highest BCUT2D eigenvalue weighted by Crippen LogP contribution is 2.19. The van der Waals surface area contributed by atoms with E-state index in [-0.39, 0.29) is 18.0 Å². The van der Waals surface area contributed by atoms with E-state index in [1.54, 1.807) is 12.1 Å². The van der Waals surface area contributed by atoms with E-state index in [0.717, 1.165) is 16.8 Å². The first-order valence-corrected chi connectivity index (χ1v) is 8.05. The van der Waals surface area contributed by atoms with Crippen molar-refractivity contribution in [1.29, 1.82) is 0 Å². The molecule has 7 nitrogen and oxygen atoms in total. The maximum absolute atomic E-state index is 12.2. The van der Waals surface area contributed by atoms with E-state index in [9.17, 15) is 14.4 Å². The molecule has 0 saturated heterocycles. The van der Waals surface area contributed by atoms with Crippen LogP contribution in [0.2, 0.25) is 0 Å². The number of aryl methyl sites for hydroxylation is 2. The largest absolute Gasteiger partial charge is 0.452 e.